The largest absolute Gasteiger partial charge is 0.382 e. The van der Waals surface area contributed by atoms with Crippen molar-refractivity contribution in [1.29, 1.82) is 0 Å². The summed E-state index contributed by atoms with van der Waals surface area (Å²) in [4.78, 5) is 0. The quantitative estimate of drug-likeness (QED) is 0.805. The monoisotopic (exact) mass is 203 g/mol. The van der Waals surface area contributed by atoms with Crippen LogP contribution in [0.1, 0.15) is 25.8 Å². The van der Waals surface area contributed by atoms with Gasteiger partial charge in [-0.1, -0.05) is 19.9 Å². The molecule has 1 heterocycles. The van der Waals surface area contributed by atoms with Crippen molar-refractivity contribution in [2.24, 2.45) is 5.92 Å². The fourth-order valence-corrected chi connectivity index (χ4v) is 1.70. The summed E-state index contributed by atoms with van der Waals surface area (Å²) in [5.41, 5.74) is 8.09. The highest BCUT2D eigenvalue weighted by atomic mass is 15.1. The highest BCUT2D eigenvalue weighted by Crippen LogP contribution is 2.20. The van der Waals surface area contributed by atoms with E-state index in [0.29, 0.717) is 5.82 Å². The number of aromatic nitrogens is 2. The first-order valence-corrected chi connectivity index (χ1v) is 5.39. The zero-order chi connectivity index (χ0) is 10.8. The van der Waals surface area contributed by atoms with E-state index in [1.807, 2.05) is 6.07 Å². The Morgan fingerprint density at radius 2 is 2.20 bits per heavy atom. The molecule has 0 spiro atoms. The highest BCUT2D eigenvalue weighted by molar-refractivity contribution is 5.88. The number of anilines is 1. The predicted molar refractivity (Wildman–Crippen MR) is 63.7 cm³/mol. The van der Waals surface area contributed by atoms with E-state index in [-0.39, 0.29) is 0 Å². The molecule has 2 aromatic rings. The lowest BCUT2D eigenvalue weighted by Gasteiger charge is -2.04. The molecule has 0 aliphatic rings. The number of benzene rings is 1. The van der Waals surface area contributed by atoms with Gasteiger partial charge < -0.3 is 5.73 Å². The Balaban J connectivity index is 2.23. The summed E-state index contributed by atoms with van der Waals surface area (Å²) in [5, 5.41) is 7.94. The summed E-state index contributed by atoms with van der Waals surface area (Å²) in [6.07, 6.45) is 2.33. The Morgan fingerprint density at radius 1 is 1.40 bits per heavy atom. The summed E-state index contributed by atoms with van der Waals surface area (Å²) in [7, 11) is 0. The molecule has 0 radical (unpaired) electrons. The number of nitrogens with one attached hydrogen (secondary N) is 1. The first kappa shape index (κ1) is 10.0. The first-order chi connectivity index (χ1) is 7.16. The van der Waals surface area contributed by atoms with Crippen LogP contribution >= 0.6 is 0 Å². The van der Waals surface area contributed by atoms with Crippen LogP contribution in [0.25, 0.3) is 10.9 Å². The minimum absolute atomic E-state index is 0.584. The maximum absolute atomic E-state index is 5.71. The van der Waals surface area contributed by atoms with Gasteiger partial charge in [-0.15, -0.1) is 0 Å². The summed E-state index contributed by atoms with van der Waals surface area (Å²) < 4.78 is 0. The second-order valence-corrected chi connectivity index (χ2v) is 4.42. The number of fused-ring (bicyclic) bond motifs is 1. The topological polar surface area (TPSA) is 54.7 Å². The van der Waals surface area contributed by atoms with Crippen LogP contribution in [0, 0.1) is 5.92 Å². The standard InChI is InChI=1S/C12H17N3/c1-8(2)3-4-9-5-6-10-11(7-9)14-15-12(10)13/h5-8H,3-4H2,1-2H3,(H3,13,14,15). The first-order valence-electron chi connectivity index (χ1n) is 5.39. The van der Waals surface area contributed by atoms with Crippen LogP contribution in [0.3, 0.4) is 0 Å². The average molecular weight is 203 g/mol. The number of nitrogens with zero attached hydrogens (tertiary/aromatic N) is 1. The molecular weight excluding hydrogens is 186 g/mol. The van der Waals surface area contributed by atoms with Crippen molar-refractivity contribution in [3.8, 4) is 0 Å². The maximum Gasteiger partial charge on any atom is 0.153 e. The Hall–Kier alpha value is -1.51. The van der Waals surface area contributed by atoms with Gasteiger partial charge in [0, 0.05) is 5.39 Å². The van der Waals surface area contributed by atoms with Gasteiger partial charge in [-0.2, -0.15) is 5.10 Å². The second kappa shape index (κ2) is 3.93. The SMILES string of the molecule is CC(C)CCc1ccc2c(N)n[nH]c2c1. The van der Waals surface area contributed by atoms with Crippen molar-refractivity contribution in [1.82, 2.24) is 10.2 Å². The summed E-state index contributed by atoms with van der Waals surface area (Å²) in [6.45, 7) is 4.49. The molecule has 80 valence electrons. The molecule has 0 atom stereocenters. The van der Waals surface area contributed by atoms with Gasteiger partial charge in [0.1, 0.15) is 0 Å². The van der Waals surface area contributed by atoms with E-state index in [0.717, 1.165) is 23.2 Å². The number of H-pyrrole nitrogens is 1. The van der Waals surface area contributed by atoms with Gasteiger partial charge in [-0.3, -0.25) is 5.10 Å². The molecule has 3 nitrogen and oxygen atoms in total. The molecule has 2 rings (SSSR count). The molecule has 15 heavy (non-hydrogen) atoms. The fraction of sp³-hybridized carbons (Fsp3) is 0.417. The van der Waals surface area contributed by atoms with Gasteiger partial charge in [0.25, 0.3) is 0 Å². The predicted octanol–water partition coefficient (Wildman–Crippen LogP) is 2.73. The lowest BCUT2D eigenvalue weighted by molar-refractivity contribution is 0.587. The fourth-order valence-electron chi connectivity index (χ4n) is 1.70. The smallest absolute Gasteiger partial charge is 0.153 e. The van der Waals surface area contributed by atoms with Crippen LogP contribution < -0.4 is 5.73 Å². The van der Waals surface area contributed by atoms with Crippen LogP contribution in [0.5, 0.6) is 0 Å². The third kappa shape index (κ3) is 2.12. The van der Waals surface area contributed by atoms with E-state index in [1.165, 1.54) is 12.0 Å². The average Bonchev–Trinajstić information content (AvgIpc) is 2.57. The summed E-state index contributed by atoms with van der Waals surface area (Å²) in [6, 6.07) is 6.32. The van der Waals surface area contributed by atoms with Crippen molar-refractivity contribution in [2.75, 3.05) is 5.73 Å². The van der Waals surface area contributed by atoms with E-state index in [4.69, 9.17) is 5.73 Å². The molecule has 0 amide bonds. The number of nitrogen functional groups attached to an aromatic ring is 1. The Labute approximate surface area is 89.7 Å². The Kier molecular flexibility index (Phi) is 2.62. The molecule has 1 aromatic heterocycles. The molecule has 0 aliphatic carbocycles. The second-order valence-electron chi connectivity index (χ2n) is 4.42. The van der Waals surface area contributed by atoms with Crippen LogP contribution in [-0.4, -0.2) is 10.2 Å². The van der Waals surface area contributed by atoms with E-state index in [1.54, 1.807) is 0 Å². The van der Waals surface area contributed by atoms with E-state index >= 15 is 0 Å². The van der Waals surface area contributed by atoms with Crippen molar-refractivity contribution in [2.45, 2.75) is 26.7 Å². The molecule has 3 N–H and O–H groups in total. The minimum Gasteiger partial charge on any atom is -0.382 e. The summed E-state index contributed by atoms with van der Waals surface area (Å²) in [5.74, 6) is 1.33. The van der Waals surface area contributed by atoms with Crippen LogP contribution in [-0.2, 0) is 6.42 Å². The number of hydrogen-bond donors (Lipinski definition) is 2. The van der Waals surface area contributed by atoms with Crippen molar-refractivity contribution in [3.63, 3.8) is 0 Å². The molecule has 0 unspecified atom stereocenters. The third-order valence-corrected chi connectivity index (χ3v) is 2.67. The van der Waals surface area contributed by atoms with E-state index in [9.17, 15) is 0 Å². The van der Waals surface area contributed by atoms with Crippen LogP contribution in [0.15, 0.2) is 18.2 Å². The normalized spacial score (nSPS) is 11.4. The Bertz CT molecular complexity index is 457. The van der Waals surface area contributed by atoms with Crippen molar-refractivity contribution in [3.05, 3.63) is 23.8 Å². The molecular formula is C12H17N3. The van der Waals surface area contributed by atoms with Gasteiger partial charge in [0.2, 0.25) is 0 Å². The third-order valence-electron chi connectivity index (χ3n) is 2.67. The zero-order valence-corrected chi connectivity index (χ0v) is 9.25. The number of rotatable bonds is 3. The maximum atomic E-state index is 5.71. The van der Waals surface area contributed by atoms with E-state index in [2.05, 4.69) is 36.2 Å². The molecule has 0 fully saturated rings. The highest BCUT2D eigenvalue weighted by Gasteiger charge is 2.03. The Morgan fingerprint density at radius 3 is 2.93 bits per heavy atom. The molecule has 0 aliphatic heterocycles. The molecule has 3 heteroatoms. The zero-order valence-electron chi connectivity index (χ0n) is 9.25. The van der Waals surface area contributed by atoms with Gasteiger partial charge in [0.05, 0.1) is 5.52 Å². The number of aromatic amines is 1. The van der Waals surface area contributed by atoms with Gasteiger partial charge >= 0.3 is 0 Å². The molecule has 0 saturated heterocycles. The van der Waals surface area contributed by atoms with Gasteiger partial charge in [-0.05, 0) is 36.5 Å². The lowest BCUT2D eigenvalue weighted by Crippen LogP contribution is -1.92. The molecule has 1 aromatic carbocycles. The van der Waals surface area contributed by atoms with Gasteiger partial charge in [0.15, 0.2) is 5.82 Å². The molecule has 0 saturated carbocycles. The summed E-state index contributed by atoms with van der Waals surface area (Å²) >= 11 is 0. The number of aryl methyl sites for hydroxylation is 1. The van der Waals surface area contributed by atoms with Crippen LogP contribution in [0.4, 0.5) is 5.82 Å². The molecule has 0 bridgehead atoms. The number of hydrogen-bond acceptors (Lipinski definition) is 2. The van der Waals surface area contributed by atoms with Crippen LogP contribution in [0.2, 0.25) is 0 Å². The number of nitrogens with two attached hydrogens (primary N) is 1. The lowest BCUT2D eigenvalue weighted by atomic mass is 10.0. The van der Waals surface area contributed by atoms with Crippen molar-refractivity contribution >= 4 is 16.7 Å². The van der Waals surface area contributed by atoms with E-state index < -0.39 is 0 Å². The van der Waals surface area contributed by atoms with Crippen molar-refractivity contribution < 1.29 is 0 Å². The minimum atomic E-state index is 0.584. The van der Waals surface area contributed by atoms with Gasteiger partial charge in [-0.25, -0.2) is 0 Å².